The van der Waals surface area contributed by atoms with Crippen LogP contribution in [0.2, 0.25) is 0 Å². The molecule has 3 rings (SSSR count). The number of carbonyl (C=O) groups is 1. The molecular formula is C14H17F2N5O2. The number of nitrogens with zero attached hydrogens (tertiary/aromatic N) is 4. The smallest absolute Gasteiger partial charge is 0.325 e. The van der Waals surface area contributed by atoms with Crippen molar-refractivity contribution in [2.45, 2.75) is 44.6 Å². The Labute approximate surface area is 131 Å². The number of halogens is 2. The molecule has 2 aromatic rings. The van der Waals surface area contributed by atoms with Gasteiger partial charge in [-0.3, -0.25) is 4.79 Å². The Hall–Kier alpha value is -2.32. The molecule has 0 amide bonds. The molecule has 1 saturated carbocycles. The largest absolute Gasteiger partial charge is 0.461 e. The number of aromatic nitrogens is 4. The van der Waals surface area contributed by atoms with E-state index in [0.29, 0.717) is 0 Å². The van der Waals surface area contributed by atoms with Gasteiger partial charge < -0.3 is 10.1 Å². The molecule has 2 heterocycles. The molecule has 0 aliphatic heterocycles. The van der Waals surface area contributed by atoms with Crippen LogP contribution in [0.15, 0.2) is 12.1 Å². The molecule has 0 unspecified atom stereocenters. The van der Waals surface area contributed by atoms with Crippen LogP contribution in [0, 0.1) is 0 Å². The zero-order valence-corrected chi connectivity index (χ0v) is 12.4. The first kappa shape index (κ1) is 15.6. The first-order valence-corrected chi connectivity index (χ1v) is 7.57. The van der Waals surface area contributed by atoms with Crippen molar-refractivity contribution in [1.82, 2.24) is 19.8 Å². The molecule has 23 heavy (non-hydrogen) atoms. The van der Waals surface area contributed by atoms with Gasteiger partial charge in [0.1, 0.15) is 18.5 Å². The lowest BCUT2D eigenvalue weighted by Crippen LogP contribution is -2.25. The molecule has 2 aromatic heterocycles. The zero-order valence-electron chi connectivity index (χ0n) is 12.4. The maximum absolute atomic E-state index is 12.8. The molecule has 1 fully saturated rings. The normalized spacial score (nSPS) is 16.0. The van der Waals surface area contributed by atoms with Gasteiger partial charge in [-0.25, -0.2) is 8.78 Å². The second-order valence-corrected chi connectivity index (χ2v) is 5.45. The van der Waals surface area contributed by atoms with E-state index in [1.54, 1.807) is 6.07 Å². The van der Waals surface area contributed by atoms with Crippen molar-refractivity contribution >= 4 is 17.4 Å². The van der Waals surface area contributed by atoms with E-state index in [9.17, 15) is 13.6 Å². The highest BCUT2D eigenvalue weighted by molar-refractivity contribution is 5.74. The Balaban J connectivity index is 1.60. The first-order valence-electron chi connectivity index (χ1n) is 7.57. The summed E-state index contributed by atoms with van der Waals surface area (Å²) in [6.45, 7) is -0.0683. The fraction of sp³-hybridized carbons (Fsp3) is 0.571. The van der Waals surface area contributed by atoms with Crippen LogP contribution in [0.25, 0.3) is 5.65 Å². The number of hydrogen-bond donors (Lipinski definition) is 1. The minimum atomic E-state index is -2.77. The standard InChI is InChI=1S/C14H17F2N5O2/c15-13(16)14-19-18-11-7-6-10(20-21(11)14)17-8-12(22)23-9-4-2-1-3-5-9/h6-7,9,13H,1-5,8H2,(H,17,20). The second-order valence-electron chi connectivity index (χ2n) is 5.45. The molecule has 0 bridgehead atoms. The third-order valence-corrected chi connectivity index (χ3v) is 3.75. The quantitative estimate of drug-likeness (QED) is 0.850. The SMILES string of the molecule is O=C(CNc1ccc2nnc(C(F)F)n2n1)OC1CCCCC1. The maximum atomic E-state index is 12.8. The summed E-state index contributed by atoms with van der Waals surface area (Å²) < 4.78 is 31.9. The fourth-order valence-electron chi connectivity index (χ4n) is 2.61. The molecule has 0 spiro atoms. The highest BCUT2D eigenvalue weighted by atomic mass is 19.3. The number of esters is 1. The molecule has 0 radical (unpaired) electrons. The first-order chi connectivity index (χ1) is 11.1. The molecule has 0 aromatic carbocycles. The van der Waals surface area contributed by atoms with E-state index >= 15 is 0 Å². The fourth-order valence-corrected chi connectivity index (χ4v) is 2.61. The molecular weight excluding hydrogens is 308 g/mol. The van der Waals surface area contributed by atoms with E-state index in [0.717, 1.165) is 30.2 Å². The van der Waals surface area contributed by atoms with E-state index in [1.165, 1.54) is 12.5 Å². The minimum Gasteiger partial charge on any atom is -0.461 e. The average molecular weight is 325 g/mol. The van der Waals surface area contributed by atoms with Crippen molar-refractivity contribution in [3.05, 3.63) is 18.0 Å². The summed E-state index contributed by atoms with van der Waals surface area (Å²) in [5.41, 5.74) is 0.218. The molecule has 7 nitrogen and oxygen atoms in total. The lowest BCUT2D eigenvalue weighted by molar-refractivity contribution is -0.148. The lowest BCUT2D eigenvalue weighted by atomic mass is 9.98. The summed E-state index contributed by atoms with van der Waals surface area (Å²) in [5, 5.41) is 13.7. The average Bonchev–Trinajstić information content (AvgIpc) is 2.97. The Bertz CT molecular complexity index is 685. The number of ether oxygens (including phenoxy) is 1. The van der Waals surface area contributed by atoms with Crippen LogP contribution in [-0.2, 0) is 9.53 Å². The number of hydrogen-bond acceptors (Lipinski definition) is 6. The number of alkyl halides is 2. The Morgan fingerprint density at radius 1 is 1.30 bits per heavy atom. The predicted molar refractivity (Wildman–Crippen MR) is 77.2 cm³/mol. The van der Waals surface area contributed by atoms with Gasteiger partial charge in [-0.1, -0.05) is 6.42 Å². The summed E-state index contributed by atoms with van der Waals surface area (Å²) in [7, 11) is 0. The number of carbonyl (C=O) groups excluding carboxylic acids is 1. The molecule has 124 valence electrons. The molecule has 1 aliphatic carbocycles. The van der Waals surface area contributed by atoms with Gasteiger partial charge in [-0.05, 0) is 37.8 Å². The molecule has 1 N–H and O–H groups in total. The van der Waals surface area contributed by atoms with Crippen molar-refractivity contribution in [2.24, 2.45) is 0 Å². The van der Waals surface area contributed by atoms with Crippen molar-refractivity contribution < 1.29 is 18.3 Å². The minimum absolute atomic E-state index is 0.0169. The van der Waals surface area contributed by atoms with E-state index in [2.05, 4.69) is 20.6 Å². The van der Waals surface area contributed by atoms with Crippen molar-refractivity contribution in [1.29, 1.82) is 0 Å². The maximum Gasteiger partial charge on any atom is 0.325 e. The van der Waals surface area contributed by atoms with Gasteiger partial charge >= 0.3 is 5.97 Å². The predicted octanol–water partition coefficient (Wildman–Crippen LogP) is 2.35. The monoisotopic (exact) mass is 325 g/mol. The van der Waals surface area contributed by atoms with Crippen LogP contribution in [0.1, 0.15) is 44.4 Å². The van der Waals surface area contributed by atoms with Gasteiger partial charge in [0.05, 0.1) is 0 Å². The van der Waals surface area contributed by atoms with Crippen LogP contribution < -0.4 is 5.32 Å². The number of rotatable bonds is 5. The molecule has 0 atom stereocenters. The van der Waals surface area contributed by atoms with Gasteiger partial charge in [0.2, 0.25) is 5.82 Å². The van der Waals surface area contributed by atoms with Gasteiger partial charge in [0.25, 0.3) is 6.43 Å². The Kier molecular flexibility index (Phi) is 4.63. The van der Waals surface area contributed by atoms with Crippen LogP contribution in [-0.4, -0.2) is 38.4 Å². The third-order valence-electron chi connectivity index (χ3n) is 3.75. The summed E-state index contributed by atoms with van der Waals surface area (Å²) in [5.74, 6) is -0.634. The molecule has 9 heteroatoms. The lowest BCUT2D eigenvalue weighted by Gasteiger charge is -2.21. The molecule has 1 aliphatic rings. The highest BCUT2D eigenvalue weighted by Gasteiger charge is 2.19. The van der Waals surface area contributed by atoms with Gasteiger partial charge in [-0.2, -0.15) is 4.52 Å². The summed E-state index contributed by atoms with van der Waals surface area (Å²) in [6.07, 6.45) is 2.34. The Morgan fingerprint density at radius 3 is 2.83 bits per heavy atom. The van der Waals surface area contributed by atoms with Crippen molar-refractivity contribution in [3.8, 4) is 0 Å². The van der Waals surface area contributed by atoms with Crippen molar-refractivity contribution in [3.63, 3.8) is 0 Å². The number of nitrogens with one attached hydrogen (secondary N) is 1. The third kappa shape index (κ3) is 3.72. The summed E-state index contributed by atoms with van der Waals surface area (Å²) in [6, 6.07) is 3.05. The zero-order chi connectivity index (χ0) is 16.2. The van der Waals surface area contributed by atoms with Gasteiger partial charge in [0, 0.05) is 0 Å². The van der Waals surface area contributed by atoms with E-state index in [-0.39, 0.29) is 30.1 Å². The van der Waals surface area contributed by atoms with Gasteiger partial charge in [0.15, 0.2) is 5.65 Å². The van der Waals surface area contributed by atoms with Crippen LogP contribution in [0.5, 0.6) is 0 Å². The Morgan fingerprint density at radius 2 is 2.09 bits per heavy atom. The summed E-state index contributed by atoms with van der Waals surface area (Å²) >= 11 is 0. The van der Waals surface area contributed by atoms with Crippen LogP contribution >= 0.6 is 0 Å². The van der Waals surface area contributed by atoms with Crippen LogP contribution in [0.4, 0.5) is 14.6 Å². The summed E-state index contributed by atoms with van der Waals surface area (Å²) in [4.78, 5) is 11.8. The van der Waals surface area contributed by atoms with Crippen molar-refractivity contribution in [2.75, 3.05) is 11.9 Å². The molecule has 0 saturated heterocycles. The van der Waals surface area contributed by atoms with Crippen LogP contribution in [0.3, 0.4) is 0 Å². The van der Waals surface area contributed by atoms with E-state index < -0.39 is 12.2 Å². The topological polar surface area (TPSA) is 81.4 Å². The van der Waals surface area contributed by atoms with E-state index in [4.69, 9.17) is 4.74 Å². The second kappa shape index (κ2) is 6.84. The number of fused-ring (bicyclic) bond motifs is 1. The van der Waals surface area contributed by atoms with E-state index in [1.807, 2.05) is 0 Å². The van der Waals surface area contributed by atoms with Gasteiger partial charge in [-0.15, -0.1) is 15.3 Å². The highest BCUT2D eigenvalue weighted by Crippen LogP contribution is 2.20. The number of anilines is 1.